The summed E-state index contributed by atoms with van der Waals surface area (Å²) >= 11 is 0. The molecule has 1 heterocycles. The van der Waals surface area contributed by atoms with E-state index >= 15 is 0 Å². The number of aromatic nitrogens is 1. The first kappa shape index (κ1) is 22.8. The second kappa shape index (κ2) is 9.49. The van der Waals surface area contributed by atoms with Crippen LogP contribution in [0.4, 0.5) is 0 Å². The van der Waals surface area contributed by atoms with Crippen molar-refractivity contribution in [1.29, 1.82) is 5.26 Å². The van der Waals surface area contributed by atoms with Crippen LogP contribution >= 0.6 is 0 Å². The predicted molar refractivity (Wildman–Crippen MR) is 162 cm³/mol. The molecule has 0 aliphatic carbocycles. The zero-order chi connectivity index (χ0) is 26.2. The topological polar surface area (TPSA) is 28.7 Å². The van der Waals surface area contributed by atoms with Gasteiger partial charge in [0.1, 0.15) is 0 Å². The lowest BCUT2D eigenvalue weighted by molar-refractivity contribution is 1.18. The van der Waals surface area contributed by atoms with E-state index in [0.29, 0.717) is 5.56 Å². The molecule has 0 N–H and O–H groups in total. The highest BCUT2D eigenvalue weighted by Gasteiger charge is 2.19. The molecular formula is C37H24N2. The van der Waals surface area contributed by atoms with Crippen molar-refractivity contribution in [3.63, 3.8) is 0 Å². The standard InChI is InChI=1S/C37H24N2/c38-25-26-22-23-30(29-15-5-4-14-28(29)27-12-2-1-3-13-27)34(24-26)33-18-8-11-21-37(33)39-35-19-9-6-16-31(35)32-17-7-10-20-36(32)39/h1-24H. The smallest absolute Gasteiger partial charge is 0.0991 e. The fourth-order valence-corrected chi connectivity index (χ4v) is 5.74. The second-order valence-corrected chi connectivity index (χ2v) is 9.67. The van der Waals surface area contributed by atoms with Crippen LogP contribution in [0.15, 0.2) is 146 Å². The first-order chi connectivity index (χ1) is 19.3. The molecule has 0 saturated heterocycles. The molecule has 0 aliphatic heterocycles. The highest BCUT2D eigenvalue weighted by Crippen LogP contribution is 2.42. The Labute approximate surface area is 227 Å². The van der Waals surface area contributed by atoms with E-state index in [4.69, 9.17) is 0 Å². The van der Waals surface area contributed by atoms with Gasteiger partial charge in [0.2, 0.25) is 0 Å². The molecule has 7 rings (SSSR count). The lowest BCUT2D eigenvalue weighted by atomic mass is 9.88. The third kappa shape index (κ3) is 3.81. The molecule has 39 heavy (non-hydrogen) atoms. The Balaban J connectivity index is 1.54. The lowest BCUT2D eigenvalue weighted by Crippen LogP contribution is -1.98. The van der Waals surface area contributed by atoms with Crippen LogP contribution in [0, 0.1) is 11.3 Å². The Kier molecular flexibility index (Phi) is 5.54. The summed E-state index contributed by atoms with van der Waals surface area (Å²) < 4.78 is 2.35. The molecule has 2 heteroatoms. The first-order valence-electron chi connectivity index (χ1n) is 13.1. The van der Waals surface area contributed by atoms with Gasteiger partial charge < -0.3 is 4.57 Å². The minimum absolute atomic E-state index is 0.642. The van der Waals surface area contributed by atoms with Crippen LogP contribution in [-0.4, -0.2) is 4.57 Å². The molecule has 0 aliphatic rings. The van der Waals surface area contributed by atoms with E-state index in [1.165, 1.54) is 21.9 Å². The zero-order valence-corrected chi connectivity index (χ0v) is 21.3. The molecule has 0 unspecified atom stereocenters. The molecule has 0 amide bonds. The average Bonchev–Trinajstić information content (AvgIpc) is 3.35. The van der Waals surface area contributed by atoms with Crippen molar-refractivity contribution < 1.29 is 0 Å². The largest absolute Gasteiger partial charge is 0.309 e. The minimum atomic E-state index is 0.642. The fourth-order valence-electron chi connectivity index (χ4n) is 5.74. The molecule has 6 aromatic carbocycles. The number of nitrogens with zero attached hydrogens (tertiary/aromatic N) is 2. The van der Waals surface area contributed by atoms with Gasteiger partial charge in [-0.1, -0.05) is 115 Å². The Bertz CT molecular complexity index is 1970. The van der Waals surface area contributed by atoms with Crippen LogP contribution in [0.3, 0.4) is 0 Å². The van der Waals surface area contributed by atoms with Gasteiger partial charge in [0.25, 0.3) is 0 Å². The number of rotatable bonds is 4. The van der Waals surface area contributed by atoms with E-state index in [2.05, 4.69) is 138 Å². The van der Waals surface area contributed by atoms with Gasteiger partial charge in [0.05, 0.1) is 28.4 Å². The van der Waals surface area contributed by atoms with Crippen LogP contribution in [0.2, 0.25) is 0 Å². The summed E-state index contributed by atoms with van der Waals surface area (Å²) in [5.41, 5.74) is 10.7. The normalized spacial score (nSPS) is 11.1. The molecule has 0 bridgehead atoms. The number of para-hydroxylation sites is 3. The van der Waals surface area contributed by atoms with E-state index in [9.17, 15) is 5.26 Å². The van der Waals surface area contributed by atoms with Gasteiger partial charge >= 0.3 is 0 Å². The van der Waals surface area contributed by atoms with Crippen LogP contribution < -0.4 is 0 Å². The third-order valence-corrected chi connectivity index (χ3v) is 7.47. The number of hydrogen-bond acceptors (Lipinski definition) is 1. The van der Waals surface area contributed by atoms with Crippen LogP contribution in [0.1, 0.15) is 5.56 Å². The van der Waals surface area contributed by atoms with Gasteiger partial charge in [0, 0.05) is 16.3 Å². The number of hydrogen-bond donors (Lipinski definition) is 0. The monoisotopic (exact) mass is 496 g/mol. The maximum atomic E-state index is 9.88. The quantitative estimate of drug-likeness (QED) is 0.238. The van der Waals surface area contributed by atoms with Crippen molar-refractivity contribution in [2.24, 2.45) is 0 Å². The van der Waals surface area contributed by atoms with Gasteiger partial charge in [0.15, 0.2) is 0 Å². The van der Waals surface area contributed by atoms with E-state index in [1.54, 1.807) is 0 Å². The summed E-state index contributed by atoms with van der Waals surface area (Å²) in [6.45, 7) is 0. The molecule has 0 saturated carbocycles. The van der Waals surface area contributed by atoms with Crippen molar-refractivity contribution >= 4 is 21.8 Å². The van der Waals surface area contributed by atoms with E-state index in [0.717, 1.165) is 39.0 Å². The third-order valence-electron chi connectivity index (χ3n) is 7.47. The van der Waals surface area contributed by atoms with Crippen molar-refractivity contribution in [2.45, 2.75) is 0 Å². The van der Waals surface area contributed by atoms with Crippen LogP contribution in [-0.2, 0) is 0 Å². The maximum Gasteiger partial charge on any atom is 0.0991 e. The summed E-state index contributed by atoms with van der Waals surface area (Å²) in [6.07, 6.45) is 0. The molecule has 182 valence electrons. The maximum absolute atomic E-state index is 9.88. The Morgan fingerprint density at radius 3 is 1.67 bits per heavy atom. The van der Waals surface area contributed by atoms with Crippen molar-refractivity contribution in [2.75, 3.05) is 0 Å². The van der Waals surface area contributed by atoms with Crippen molar-refractivity contribution in [3.8, 4) is 45.1 Å². The Hall–Kier alpha value is -5.39. The molecular weight excluding hydrogens is 472 g/mol. The van der Waals surface area contributed by atoms with Crippen LogP contribution in [0.5, 0.6) is 0 Å². The second-order valence-electron chi connectivity index (χ2n) is 9.67. The summed E-state index contributed by atoms with van der Waals surface area (Å²) in [6, 6.07) is 53.1. The molecule has 0 atom stereocenters. The minimum Gasteiger partial charge on any atom is -0.309 e. The molecule has 0 radical (unpaired) electrons. The number of benzene rings is 6. The van der Waals surface area contributed by atoms with E-state index < -0.39 is 0 Å². The average molecular weight is 497 g/mol. The molecule has 7 aromatic rings. The predicted octanol–water partition coefficient (Wildman–Crippen LogP) is 9.66. The molecule has 0 spiro atoms. The highest BCUT2D eigenvalue weighted by molar-refractivity contribution is 6.10. The lowest BCUT2D eigenvalue weighted by Gasteiger charge is -2.19. The fraction of sp³-hybridized carbons (Fsp3) is 0. The van der Waals surface area contributed by atoms with Gasteiger partial charge in [-0.3, -0.25) is 0 Å². The zero-order valence-electron chi connectivity index (χ0n) is 21.3. The Morgan fingerprint density at radius 1 is 0.436 bits per heavy atom. The van der Waals surface area contributed by atoms with Crippen molar-refractivity contribution in [1.82, 2.24) is 4.57 Å². The summed E-state index contributed by atoms with van der Waals surface area (Å²) in [4.78, 5) is 0. The SMILES string of the molecule is N#Cc1ccc(-c2ccccc2-c2ccccc2)c(-c2ccccc2-n2c3ccccc3c3ccccc32)c1. The summed E-state index contributed by atoms with van der Waals surface area (Å²) in [7, 11) is 0. The van der Waals surface area contributed by atoms with Gasteiger partial charge in [-0.05, 0) is 58.1 Å². The van der Waals surface area contributed by atoms with Gasteiger partial charge in [-0.2, -0.15) is 5.26 Å². The summed E-state index contributed by atoms with van der Waals surface area (Å²) in [5, 5.41) is 12.3. The van der Waals surface area contributed by atoms with Crippen LogP contribution in [0.25, 0.3) is 60.9 Å². The molecule has 0 fully saturated rings. The molecule has 1 aromatic heterocycles. The Morgan fingerprint density at radius 2 is 0.974 bits per heavy atom. The number of fused-ring (bicyclic) bond motifs is 3. The van der Waals surface area contributed by atoms with E-state index in [-0.39, 0.29) is 0 Å². The highest BCUT2D eigenvalue weighted by atomic mass is 15.0. The van der Waals surface area contributed by atoms with Gasteiger partial charge in [-0.15, -0.1) is 0 Å². The molecule has 2 nitrogen and oxygen atoms in total. The first-order valence-corrected chi connectivity index (χ1v) is 13.1. The summed E-state index contributed by atoms with van der Waals surface area (Å²) in [5.74, 6) is 0. The van der Waals surface area contributed by atoms with Crippen molar-refractivity contribution in [3.05, 3.63) is 151 Å². The van der Waals surface area contributed by atoms with Gasteiger partial charge in [-0.25, -0.2) is 0 Å². The number of nitriles is 1. The van der Waals surface area contributed by atoms with E-state index in [1.807, 2.05) is 18.2 Å².